The Balaban J connectivity index is 1.39. The summed E-state index contributed by atoms with van der Waals surface area (Å²) in [6, 6.07) is 14.0. The zero-order chi connectivity index (χ0) is 32.6. The van der Waals surface area contributed by atoms with Crippen LogP contribution in [-0.4, -0.2) is 89.2 Å². The van der Waals surface area contributed by atoms with Gasteiger partial charge < -0.3 is 29.4 Å². The van der Waals surface area contributed by atoms with Crippen molar-refractivity contribution in [3.63, 3.8) is 0 Å². The zero-order valence-electron chi connectivity index (χ0n) is 27.0. The van der Waals surface area contributed by atoms with Gasteiger partial charge >= 0.3 is 0 Å². The van der Waals surface area contributed by atoms with Gasteiger partial charge in [0.2, 0.25) is 11.8 Å². The van der Waals surface area contributed by atoms with Crippen LogP contribution in [0.1, 0.15) is 34.1 Å². The van der Waals surface area contributed by atoms with Crippen molar-refractivity contribution in [1.29, 1.82) is 0 Å². The fourth-order valence-electron chi connectivity index (χ4n) is 7.67. The number of ether oxygens (including phenoxy) is 1. The number of likely N-dealkylation sites (tertiary alicyclic amines) is 1. The summed E-state index contributed by atoms with van der Waals surface area (Å²) in [5.74, 6) is -1.24. The van der Waals surface area contributed by atoms with E-state index in [1.54, 1.807) is 26.5 Å². The van der Waals surface area contributed by atoms with Crippen LogP contribution < -0.4 is 19.4 Å². The highest BCUT2D eigenvalue weighted by Crippen LogP contribution is 2.61. The Kier molecular flexibility index (Phi) is 9.21. The highest BCUT2D eigenvalue weighted by Gasteiger charge is 2.71. The molecule has 0 aliphatic carbocycles. The highest BCUT2D eigenvalue weighted by molar-refractivity contribution is 8.02. The Morgan fingerprint density at radius 2 is 1.52 bits per heavy atom. The SMILES string of the molecule is CCOc1ccc(N2CC=C[C@H]3S[C@]45C=CCN(c6ccc(N(CC)CC)cc6)C(=O)C4N([C@@H](CC)CO)C(=O)[C@@H]5[C@H]3C2=O)cc1. The van der Waals surface area contributed by atoms with E-state index in [0.29, 0.717) is 26.1 Å². The molecule has 2 aromatic rings. The van der Waals surface area contributed by atoms with Gasteiger partial charge in [0, 0.05) is 48.5 Å². The first-order valence-electron chi connectivity index (χ1n) is 16.5. The third-order valence-corrected chi connectivity index (χ3v) is 11.7. The van der Waals surface area contributed by atoms with Crippen molar-refractivity contribution in [2.75, 3.05) is 54.1 Å². The van der Waals surface area contributed by atoms with Gasteiger partial charge in [-0.1, -0.05) is 31.2 Å². The average Bonchev–Trinajstić information content (AvgIpc) is 3.38. The Labute approximate surface area is 275 Å². The van der Waals surface area contributed by atoms with Crippen LogP contribution in [0.4, 0.5) is 17.1 Å². The maximum Gasteiger partial charge on any atom is 0.251 e. The zero-order valence-corrected chi connectivity index (χ0v) is 27.9. The number of aliphatic hydroxyl groups excluding tert-OH is 1. The molecule has 2 fully saturated rings. The number of rotatable bonds is 10. The average molecular weight is 645 g/mol. The van der Waals surface area contributed by atoms with Gasteiger partial charge in [0.15, 0.2) is 0 Å². The summed E-state index contributed by atoms with van der Waals surface area (Å²) in [6.45, 7) is 10.9. The van der Waals surface area contributed by atoms with Crippen LogP contribution in [-0.2, 0) is 14.4 Å². The van der Waals surface area contributed by atoms with E-state index in [-0.39, 0.29) is 29.6 Å². The molecule has 46 heavy (non-hydrogen) atoms. The van der Waals surface area contributed by atoms with Gasteiger partial charge in [0.1, 0.15) is 11.8 Å². The summed E-state index contributed by atoms with van der Waals surface area (Å²) in [5, 5.41) is 10.2. The predicted octanol–water partition coefficient (Wildman–Crippen LogP) is 4.51. The fraction of sp³-hybridized carbons (Fsp3) is 0.472. The van der Waals surface area contributed by atoms with E-state index >= 15 is 0 Å². The topological polar surface area (TPSA) is 93.6 Å². The molecular weight excluding hydrogens is 600 g/mol. The molecule has 244 valence electrons. The number of carbonyl (C=O) groups excluding carboxylic acids is 3. The molecular formula is C36H44N4O5S. The summed E-state index contributed by atoms with van der Waals surface area (Å²) in [7, 11) is 0. The number of nitrogens with zero attached hydrogens (tertiary/aromatic N) is 4. The molecule has 1 N–H and O–H groups in total. The Morgan fingerprint density at radius 3 is 2.13 bits per heavy atom. The van der Waals surface area contributed by atoms with E-state index in [0.717, 1.165) is 35.9 Å². The summed E-state index contributed by atoms with van der Waals surface area (Å²) in [4.78, 5) is 51.3. The van der Waals surface area contributed by atoms with Crippen molar-refractivity contribution in [3.8, 4) is 5.75 Å². The molecule has 1 spiro atoms. The monoisotopic (exact) mass is 644 g/mol. The van der Waals surface area contributed by atoms with Crippen LogP contribution in [0.3, 0.4) is 0 Å². The first-order valence-corrected chi connectivity index (χ1v) is 17.4. The molecule has 1 unspecified atom stereocenters. The maximum atomic E-state index is 14.8. The largest absolute Gasteiger partial charge is 0.494 e. The van der Waals surface area contributed by atoms with Gasteiger partial charge in [-0.25, -0.2) is 0 Å². The number of thioether (sulfide) groups is 1. The quantitative estimate of drug-likeness (QED) is 0.381. The van der Waals surface area contributed by atoms with E-state index in [4.69, 9.17) is 4.74 Å². The van der Waals surface area contributed by atoms with Crippen LogP contribution in [0.25, 0.3) is 0 Å². The van der Waals surface area contributed by atoms with Crippen LogP contribution in [0.5, 0.6) is 5.75 Å². The molecule has 0 radical (unpaired) electrons. The van der Waals surface area contributed by atoms with Gasteiger partial charge in [0.25, 0.3) is 5.91 Å². The Hall–Kier alpha value is -3.76. The molecule has 0 bridgehead atoms. The second kappa shape index (κ2) is 13.2. The van der Waals surface area contributed by atoms with E-state index in [1.165, 1.54) is 0 Å². The van der Waals surface area contributed by atoms with Gasteiger partial charge in [0.05, 0.1) is 35.8 Å². The third kappa shape index (κ3) is 5.19. The number of anilines is 3. The Morgan fingerprint density at radius 1 is 0.891 bits per heavy atom. The lowest BCUT2D eigenvalue weighted by Gasteiger charge is -2.38. The van der Waals surface area contributed by atoms with Crippen LogP contribution in [0.2, 0.25) is 0 Å². The molecule has 9 nitrogen and oxygen atoms in total. The normalized spacial score (nSPS) is 27.7. The molecule has 6 atom stereocenters. The van der Waals surface area contributed by atoms with Gasteiger partial charge in [-0.05, 0) is 75.7 Å². The summed E-state index contributed by atoms with van der Waals surface area (Å²) in [5.41, 5.74) is 2.57. The lowest BCUT2D eigenvalue weighted by atomic mass is 9.78. The fourth-order valence-corrected chi connectivity index (χ4v) is 9.66. The number of benzene rings is 2. The van der Waals surface area contributed by atoms with Crippen LogP contribution >= 0.6 is 11.8 Å². The minimum absolute atomic E-state index is 0.131. The molecule has 3 amide bonds. The predicted molar refractivity (Wildman–Crippen MR) is 183 cm³/mol. The third-order valence-electron chi connectivity index (χ3n) is 9.92. The number of hydrogen-bond donors (Lipinski definition) is 1. The minimum Gasteiger partial charge on any atom is -0.494 e. The van der Waals surface area contributed by atoms with Gasteiger partial charge in [-0.15, -0.1) is 11.8 Å². The first kappa shape index (κ1) is 32.2. The molecule has 0 saturated carbocycles. The van der Waals surface area contributed by atoms with E-state index in [2.05, 4.69) is 18.7 Å². The standard InChI is InChI=1S/C36H44N4O5S/c1-5-24(23-41)40-32-35(44)39(26-14-12-25(13-15-26)37(6-2)7-3)22-10-20-36(32)31(34(40)43)30-29(46-36)11-9-21-38(33(30)42)27-16-18-28(19-17-27)45-8-4/h9-20,24,29-32,41H,5-8,21-23H2,1-4H3/t24-,29+,30-,31-,32?,36-/m0/s1. The van der Waals surface area contributed by atoms with Crippen LogP contribution in [0.15, 0.2) is 72.8 Å². The first-order chi connectivity index (χ1) is 22.3. The summed E-state index contributed by atoms with van der Waals surface area (Å²) >= 11 is 1.55. The lowest BCUT2D eigenvalue weighted by molar-refractivity contribution is -0.141. The second-order valence-electron chi connectivity index (χ2n) is 12.2. The second-order valence-corrected chi connectivity index (χ2v) is 13.7. The molecule has 4 heterocycles. The number of carbonyl (C=O) groups is 3. The van der Waals surface area contributed by atoms with Crippen molar-refractivity contribution in [2.45, 2.75) is 56.2 Å². The molecule has 4 aliphatic rings. The van der Waals surface area contributed by atoms with E-state index in [1.807, 2.05) is 86.7 Å². The van der Waals surface area contributed by atoms with Crippen molar-refractivity contribution in [1.82, 2.24) is 4.90 Å². The maximum absolute atomic E-state index is 14.8. The molecule has 4 aliphatic heterocycles. The molecule has 6 rings (SSSR count). The minimum atomic E-state index is -0.955. The number of fused-ring (bicyclic) bond motifs is 2. The molecule has 2 aromatic carbocycles. The lowest BCUT2D eigenvalue weighted by Crippen LogP contribution is -2.56. The smallest absolute Gasteiger partial charge is 0.251 e. The molecule has 2 saturated heterocycles. The van der Waals surface area contributed by atoms with E-state index < -0.39 is 28.7 Å². The number of amides is 3. The molecule has 0 aromatic heterocycles. The van der Waals surface area contributed by atoms with Crippen molar-refractivity contribution in [2.24, 2.45) is 11.8 Å². The summed E-state index contributed by atoms with van der Waals surface area (Å²) in [6.07, 6.45) is 8.53. The van der Waals surface area contributed by atoms with E-state index in [9.17, 15) is 19.5 Å². The van der Waals surface area contributed by atoms with Gasteiger partial charge in [-0.2, -0.15) is 0 Å². The van der Waals surface area contributed by atoms with Crippen molar-refractivity contribution < 1.29 is 24.2 Å². The summed E-state index contributed by atoms with van der Waals surface area (Å²) < 4.78 is 4.65. The van der Waals surface area contributed by atoms with Crippen molar-refractivity contribution in [3.05, 3.63) is 72.8 Å². The molecule has 10 heteroatoms. The highest BCUT2D eigenvalue weighted by atomic mass is 32.2. The van der Waals surface area contributed by atoms with Crippen LogP contribution in [0, 0.1) is 11.8 Å². The van der Waals surface area contributed by atoms with Gasteiger partial charge in [-0.3, -0.25) is 14.4 Å². The number of aliphatic hydroxyl groups is 1. The Bertz CT molecular complexity index is 1500. The number of hydrogen-bond acceptors (Lipinski definition) is 7. The van der Waals surface area contributed by atoms with Crippen molar-refractivity contribution >= 4 is 46.5 Å².